The molecular formula is C30H29NO3. The molecule has 0 bridgehead atoms. The van der Waals surface area contributed by atoms with E-state index in [0.29, 0.717) is 16.5 Å². The highest BCUT2D eigenvalue weighted by Gasteiger charge is 2.43. The molecule has 4 heteroatoms. The fourth-order valence-electron chi connectivity index (χ4n) is 4.73. The number of nitrogens with zero attached hydrogens (tertiary/aromatic N) is 1. The van der Waals surface area contributed by atoms with E-state index in [-0.39, 0.29) is 22.5 Å². The summed E-state index contributed by atoms with van der Waals surface area (Å²) < 4.78 is 6.09. The highest BCUT2D eigenvalue weighted by molar-refractivity contribution is 6.10. The second-order valence-electron chi connectivity index (χ2n) is 10.1. The van der Waals surface area contributed by atoms with Crippen molar-refractivity contribution in [3.05, 3.63) is 111 Å². The minimum atomic E-state index is -0.551. The fourth-order valence-corrected chi connectivity index (χ4v) is 4.73. The molecule has 0 saturated heterocycles. The fraction of sp³-hybridized carbons (Fsp3) is 0.267. The summed E-state index contributed by atoms with van der Waals surface area (Å²) >= 11 is 0. The van der Waals surface area contributed by atoms with Gasteiger partial charge in [-0.05, 0) is 59.7 Å². The Morgan fingerprint density at radius 2 is 1.59 bits per heavy atom. The molecule has 1 aliphatic heterocycles. The average Bonchev–Trinajstić information content (AvgIpc) is 3.11. The van der Waals surface area contributed by atoms with Gasteiger partial charge in [0.2, 0.25) is 5.76 Å². The number of anilines is 1. The van der Waals surface area contributed by atoms with Gasteiger partial charge in [0.1, 0.15) is 5.58 Å². The lowest BCUT2D eigenvalue weighted by molar-refractivity contribution is 0.0971. The zero-order valence-electron chi connectivity index (χ0n) is 20.3. The van der Waals surface area contributed by atoms with Crippen LogP contribution in [0.15, 0.2) is 75.9 Å². The van der Waals surface area contributed by atoms with Crippen LogP contribution in [-0.4, -0.2) is 5.91 Å². The number of carbonyl (C=O) groups excluding carboxylic acids is 1. The Kier molecular flexibility index (Phi) is 5.20. The van der Waals surface area contributed by atoms with E-state index < -0.39 is 6.04 Å². The molecule has 34 heavy (non-hydrogen) atoms. The largest absolute Gasteiger partial charge is 0.450 e. The first-order valence-electron chi connectivity index (χ1n) is 11.8. The summed E-state index contributed by atoms with van der Waals surface area (Å²) in [5.74, 6) is -0.158. The van der Waals surface area contributed by atoms with Gasteiger partial charge in [0.05, 0.1) is 17.0 Å². The third-order valence-electron chi connectivity index (χ3n) is 6.74. The van der Waals surface area contributed by atoms with Crippen LogP contribution in [0, 0.1) is 6.92 Å². The molecule has 0 aliphatic carbocycles. The molecule has 1 amide bonds. The molecule has 1 atom stereocenters. The van der Waals surface area contributed by atoms with Crippen molar-refractivity contribution in [2.45, 2.75) is 52.5 Å². The van der Waals surface area contributed by atoms with Gasteiger partial charge in [0.25, 0.3) is 5.91 Å². The van der Waals surface area contributed by atoms with Gasteiger partial charge in [-0.25, -0.2) is 0 Å². The predicted molar refractivity (Wildman–Crippen MR) is 137 cm³/mol. The quantitative estimate of drug-likeness (QED) is 0.348. The minimum Gasteiger partial charge on any atom is -0.450 e. The van der Waals surface area contributed by atoms with E-state index in [2.05, 4.69) is 39.8 Å². The standard InChI is InChI=1S/C30H29NO3/c1-6-19-8-14-22(15-9-19)31-26(20-10-12-21(13-11-20)30(3,4)5)25-27(32)23-17-18(2)7-16-24(23)34-28(25)29(31)33/h7-17,26H,6H2,1-5H3. The van der Waals surface area contributed by atoms with Crippen molar-refractivity contribution in [2.24, 2.45) is 0 Å². The summed E-state index contributed by atoms with van der Waals surface area (Å²) in [6.07, 6.45) is 0.914. The Balaban J connectivity index is 1.75. The van der Waals surface area contributed by atoms with Crippen molar-refractivity contribution in [3.63, 3.8) is 0 Å². The van der Waals surface area contributed by atoms with E-state index in [9.17, 15) is 9.59 Å². The van der Waals surface area contributed by atoms with Crippen molar-refractivity contribution in [3.8, 4) is 0 Å². The number of fused-ring (bicyclic) bond motifs is 2. The first-order valence-corrected chi connectivity index (χ1v) is 11.8. The van der Waals surface area contributed by atoms with E-state index in [0.717, 1.165) is 23.2 Å². The van der Waals surface area contributed by atoms with Gasteiger partial charge in [-0.3, -0.25) is 14.5 Å². The Hall–Kier alpha value is -3.66. The Labute approximate surface area is 199 Å². The van der Waals surface area contributed by atoms with Crippen LogP contribution in [0.25, 0.3) is 11.0 Å². The first-order chi connectivity index (χ1) is 16.2. The molecule has 5 rings (SSSR count). The molecule has 0 saturated carbocycles. The number of hydrogen-bond donors (Lipinski definition) is 0. The molecule has 0 spiro atoms. The lowest BCUT2D eigenvalue weighted by Gasteiger charge is -2.26. The van der Waals surface area contributed by atoms with Gasteiger partial charge in [0, 0.05) is 5.69 Å². The number of carbonyl (C=O) groups is 1. The van der Waals surface area contributed by atoms with Crippen LogP contribution in [0.4, 0.5) is 5.69 Å². The molecule has 3 aromatic carbocycles. The van der Waals surface area contributed by atoms with E-state index in [4.69, 9.17) is 4.42 Å². The number of rotatable bonds is 3. The van der Waals surface area contributed by atoms with Gasteiger partial charge in [-0.1, -0.05) is 75.7 Å². The smallest absolute Gasteiger partial charge is 0.295 e. The first kappa shape index (κ1) is 22.1. The van der Waals surface area contributed by atoms with Crippen molar-refractivity contribution < 1.29 is 9.21 Å². The van der Waals surface area contributed by atoms with E-state index in [1.807, 2.05) is 55.5 Å². The number of benzene rings is 3. The van der Waals surface area contributed by atoms with Gasteiger partial charge < -0.3 is 4.42 Å². The molecule has 1 aliphatic rings. The van der Waals surface area contributed by atoms with E-state index in [1.165, 1.54) is 11.1 Å². The summed E-state index contributed by atoms with van der Waals surface area (Å²) in [6.45, 7) is 10.5. The molecule has 1 aromatic heterocycles. The van der Waals surface area contributed by atoms with Crippen LogP contribution < -0.4 is 10.3 Å². The average molecular weight is 452 g/mol. The summed E-state index contributed by atoms with van der Waals surface area (Å²) in [5.41, 5.74) is 5.70. The molecular weight excluding hydrogens is 422 g/mol. The summed E-state index contributed by atoms with van der Waals surface area (Å²) in [4.78, 5) is 29.2. The van der Waals surface area contributed by atoms with Crippen molar-refractivity contribution in [2.75, 3.05) is 4.90 Å². The van der Waals surface area contributed by atoms with Crippen LogP contribution in [0.1, 0.15) is 72.1 Å². The maximum absolute atomic E-state index is 13.8. The molecule has 0 radical (unpaired) electrons. The van der Waals surface area contributed by atoms with Crippen LogP contribution >= 0.6 is 0 Å². The zero-order chi connectivity index (χ0) is 24.2. The van der Waals surface area contributed by atoms with Crippen molar-refractivity contribution >= 4 is 22.6 Å². The SMILES string of the molecule is CCc1ccc(N2C(=O)c3oc4ccc(C)cc4c(=O)c3C2c2ccc(C(C)(C)C)cc2)cc1. The molecule has 2 heterocycles. The summed E-state index contributed by atoms with van der Waals surface area (Å²) in [6, 6.07) is 21.1. The van der Waals surface area contributed by atoms with E-state index in [1.54, 1.807) is 11.0 Å². The lowest BCUT2D eigenvalue weighted by Crippen LogP contribution is -2.29. The monoisotopic (exact) mass is 451 g/mol. The molecule has 172 valence electrons. The van der Waals surface area contributed by atoms with Crippen LogP contribution in [-0.2, 0) is 11.8 Å². The normalized spacial score (nSPS) is 15.7. The zero-order valence-corrected chi connectivity index (χ0v) is 20.3. The Bertz CT molecular complexity index is 1450. The molecule has 0 N–H and O–H groups in total. The Morgan fingerprint density at radius 1 is 0.912 bits per heavy atom. The lowest BCUT2D eigenvalue weighted by atomic mass is 9.86. The number of aryl methyl sites for hydroxylation is 2. The predicted octanol–water partition coefficient (Wildman–Crippen LogP) is 6.71. The van der Waals surface area contributed by atoms with Crippen LogP contribution in [0.2, 0.25) is 0 Å². The molecule has 0 fully saturated rings. The van der Waals surface area contributed by atoms with Crippen LogP contribution in [0.3, 0.4) is 0 Å². The summed E-state index contributed by atoms with van der Waals surface area (Å²) in [5, 5.41) is 0.506. The van der Waals surface area contributed by atoms with E-state index >= 15 is 0 Å². The third-order valence-corrected chi connectivity index (χ3v) is 6.74. The number of hydrogen-bond acceptors (Lipinski definition) is 3. The second kappa shape index (κ2) is 7.98. The maximum Gasteiger partial charge on any atom is 0.295 e. The second-order valence-corrected chi connectivity index (χ2v) is 10.1. The highest BCUT2D eigenvalue weighted by atomic mass is 16.3. The van der Waals surface area contributed by atoms with Gasteiger partial charge in [0.15, 0.2) is 5.43 Å². The minimum absolute atomic E-state index is 0.00433. The highest BCUT2D eigenvalue weighted by Crippen LogP contribution is 2.41. The topological polar surface area (TPSA) is 50.5 Å². The third kappa shape index (κ3) is 3.54. The van der Waals surface area contributed by atoms with Gasteiger partial charge >= 0.3 is 0 Å². The molecule has 1 unspecified atom stereocenters. The van der Waals surface area contributed by atoms with Gasteiger partial charge in [-0.2, -0.15) is 0 Å². The van der Waals surface area contributed by atoms with Crippen LogP contribution in [0.5, 0.6) is 0 Å². The van der Waals surface area contributed by atoms with Gasteiger partial charge in [-0.15, -0.1) is 0 Å². The maximum atomic E-state index is 13.8. The number of amides is 1. The molecule has 4 aromatic rings. The van der Waals surface area contributed by atoms with Crippen molar-refractivity contribution in [1.29, 1.82) is 0 Å². The Morgan fingerprint density at radius 3 is 2.21 bits per heavy atom. The molecule has 4 nitrogen and oxygen atoms in total. The van der Waals surface area contributed by atoms with Crippen molar-refractivity contribution in [1.82, 2.24) is 0 Å². The summed E-state index contributed by atoms with van der Waals surface area (Å²) in [7, 11) is 0.